The fourth-order valence-electron chi connectivity index (χ4n) is 1.52. The number of halogens is 1. The minimum absolute atomic E-state index is 0.0888. The van der Waals surface area contributed by atoms with Crippen molar-refractivity contribution in [3.05, 3.63) is 33.5 Å². The van der Waals surface area contributed by atoms with Crippen molar-refractivity contribution in [2.24, 2.45) is 7.05 Å². The number of nitrogens with one attached hydrogen (secondary N) is 2. The number of aromatic amines is 1. The van der Waals surface area contributed by atoms with Crippen molar-refractivity contribution in [3.8, 4) is 0 Å². The third kappa shape index (κ3) is 2.31. The van der Waals surface area contributed by atoms with Crippen LogP contribution in [0.5, 0.6) is 0 Å². The van der Waals surface area contributed by atoms with Crippen LogP contribution in [-0.4, -0.2) is 20.0 Å². The molecule has 0 aliphatic rings. The van der Waals surface area contributed by atoms with Gasteiger partial charge in [-0.2, -0.15) is 10.2 Å². The number of nitrogens with zero attached hydrogens (tertiary/aromatic N) is 3. The van der Waals surface area contributed by atoms with Crippen LogP contribution in [0.2, 0.25) is 5.02 Å². The molecule has 0 aromatic carbocycles. The SMILES string of the molecule is CCc1nn(C)cc1Nc1cn[nH]c(=O)c1Cl. The fraction of sp³-hybridized carbons (Fsp3) is 0.300. The second-order valence-electron chi connectivity index (χ2n) is 3.57. The third-order valence-electron chi connectivity index (χ3n) is 2.31. The van der Waals surface area contributed by atoms with E-state index in [2.05, 4.69) is 20.6 Å². The Morgan fingerprint density at radius 3 is 3.00 bits per heavy atom. The molecule has 0 aliphatic carbocycles. The Balaban J connectivity index is 2.37. The average Bonchev–Trinajstić information content (AvgIpc) is 2.65. The monoisotopic (exact) mass is 253 g/mol. The zero-order chi connectivity index (χ0) is 12.4. The molecule has 2 heterocycles. The van der Waals surface area contributed by atoms with Crippen molar-refractivity contribution < 1.29 is 0 Å². The maximum absolute atomic E-state index is 11.3. The number of hydrogen-bond donors (Lipinski definition) is 2. The highest BCUT2D eigenvalue weighted by Crippen LogP contribution is 2.23. The van der Waals surface area contributed by atoms with E-state index in [9.17, 15) is 4.79 Å². The van der Waals surface area contributed by atoms with Gasteiger partial charge in [-0.05, 0) is 6.42 Å². The lowest BCUT2D eigenvalue weighted by Gasteiger charge is -2.05. The van der Waals surface area contributed by atoms with Crippen LogP contribution in [0.3, 0.4) is 0 Å². The highest BCUT2D eigenvalue weighted by Gasteiger charge is 2.09. The molecule has 0 aliphatic heterocycles. The summed E-state index contributed by atoms with van der Waals surface area (Å²) in [5, 5.41) is 13.4. The summed E-state index contributed by atoms with van der Waals surface area (Å²) in [6.45, 7) is 2.01. The minimum Gasteiger partial charge on any atom is -0.350 e. The minimum atomic E-state index is -0.418. The Morgan fingerprint density at radius 2 is 2.29 bits per heavy atom. The summed E-state index contributed by atoms with van der Waals surface area (Å²) in [5.74, 6) is 0. The predicted octanol–water partition coefficient (Wildman–Crippen LogP) is 1.46. The summed E-state index contributed by atoms with van der Waals surface area (Å²) < 4.78 is 1.70. The maximum Gasteiger partial charge on any atom is 0.285 e. The molecule has 90 valence electrons. The highest BCUT2D eigenvalue weighted by atomic mass is 35.5. The van der Waals surface area contributed by atoms with E-state index in [0.717, 1.165) is 17.8 Å². The molecule has 0 fully saturated rings. The molecular weight excluding hydrogens is 242 g/mol. The van der Waals surface area contributed by atoms with Crippen LogP contribution in [0.25, 0.3) is 0 Å². The van der Waals surface area contributed by atoms with Crippen molar-refractivity contribution in [1.29, 1.82) is 0 Å². The van der Waals surface area contributed by atoms with Crippen LogP contribution in [0.15, 0.2) is 17.2 Å². The molecule has 0 spiro atoms. The van der Waals surface area contributed by atoms with Crippen molar-refractivity contribution in [2.45, 2.75) is 13.3 Å². The van der Waals surface area contributed by atoms with E-state index in [4.69, 9.17) is 11.6 Å². The molecule has 0 saturated carbocycles. The third-order valence-corrected chi connectivity index (χ3v) is 2.68. The van der Waals surface area contributed by atoms with E-state index in [0.29, 0.717) is 5.69 Å². The molecule has 17 heavy (non-hydrogen) atoms. The van der Waals surface area contributed by atoms with Crippen LogP contribution >= 0.6 is 11.6 Å². The van der Waals surface area contributed by atoms with Gasteiger partial charge < -0.3 is 5.32 Å². The molecule has 0 radical (unpaired) electrons. The standard InChI is InChI=1S/C10H12ClN5O/c1-3-6-8(5-16(2)15-6)13-7-4-12-14-10(17)9(7)11/h4-5H,3H2,1-2H3,(H2,13,14,17). The topological polar surface area (TPSA) is 75.6 Å². The molecule has 0 unspecified atom stereocenters. The number of H-pyrrole nitrogens is 1. The van der Waals surface area contributed by atoms with Gasteiger partial charge >= 0.3 is 0 Å². The summed E-state index contributed by atoms with van der Waals surface area (Å²) in [4.78, 5) is 11.3. The first kappa shape index (κ1) is 11.7. The zero-order valence-corrected chi connectivity index (χ0v) is 10.2. The quantitative estimate of drug-likeness (QED) is 0.868. The molecular formula is C10H12ClN5O. The Morgan fingerprint density at radius 1 is 1.53 bits per heavy atom. The van der Waals surface area contributed by atoms with Crippen LogP contribution in [0, 0.1) is 0 Å². The first-order valence-electron chi connectivity index (χ1n) is 5.14. The van der Waals surface area contributed by atoms with Crippen LogP contribution in [0.1, 0.15) is 12.6 Å². The molecule has 0 atom stereocenters. The van der Waals surface area contributed by atoms with Gasteiger partial charge in [0.05, 0.1) is 23.3 Å². The van der Waals surface area contributed by atoms with Crippen LogP contribution < -0.4 is 10.9 Å². The molecule has 2 rings (SSSR count). The molecule has 0 saturated heterocycles. The van der Waals surface area contributed by atoms with E-state index in [1.54, 1.807) is 4.68 Å². The van der Waals surface area contributed by atoms with Crippen LogP contribution in [-0.2, 0) is 13.5 Å². The Bertz CT molecular complexity index is 589. The lowest BCUT2D eigenvalue weighted by atomic mass is 10.3. The zero-order valence-electron chi connectivity index (χ0n) is 9.49. The van der Waals surface area contributed by atoms with Gasteiger partial charge in [0.2, 0.25) is 0 Å². The molecule has 2 N–H and O–H groups in total. The van der Waals surface area contributed by atoms with E-state index < -0.39 is 5.56 Å². The summed E-state index contributed by atoms with van der Waals surface area (Å²) >= 11 is 5.87. The molecule has 2 aromatic heterocycles. The average molecular weight is 254 g/mol. The normalized spacial score (nSPS) is 10.5. The lowest BCUT2D eigenvalue weighted by Crippen LogP contribution is -2.10. The molecule has 7 heteroatoms. The van der Waals surface area contributed by atoms with Crippen LogP contribution in [0.4, 0.5) is 11.4 Å². The van der Waals surface area contributed by atoms with Gasteiger partial charge in [0.1, 0.15) is 5.02 Å². The number of rotatable bonds is 3. The number of aryl methyl sites for hydroxylation is 2. The fourth-order valence-corrected chi connectivity index (χ4v) is 1.65. The van der Waals surface area contributed by atoms with E-state index >= 15 is 0 Å². The number of anilines is 2. The Kier molecular flexibility index (Phi) is 3.14. The Labute approximate surface area is 103 Å². The van der Waals surface area contributed by atoms with Gasteiger partial charge in [-0.1, -0.05) is 18.5 Å². The van der Waals surface area contributed by atoms with E-state index in [-0.39, 0.29) is 5.02 Å². The lowest BCUT2D eigenvalue weighted by molar-refractivity contribution is 0.746. The highest BCUT2D eigenvalue weighted by molar-refractivity contribution is 6.33. The maximum atomic E-state index is 11.3. The van der Waals surface area contributed by atoms with Gasteiger partial charge in [-0.25, -0.2) is 5.10 Å². The second kappa shape index (κ2) is 4.58. The number of hydrogen-bond acceptors (Lipinski definition) is 4. The molecule has 0 amide bonds. The second-order valence-corrected chi connectivity index (χ2v) is 3.95. The van der Waals surface area contributed by atoms with Gasteiger partial charge in [0.15, 0.2) is 0 Å². The molecule has 6 nitrogen and oxygen atoms in total. The van der Waals surface area contributed by atoms with E-state index in [1.165, 1.54) is 6.20 Å². The van der Waals surface area contributed by atoms with Gasteiger partial charge in [0.25, 0.3) is 5.56 Å². The van der Waals surface area contributed by atoms with Crippen molar-refractivity contribution in [1.82, 2.24) is 20.0 Å². The predicted molar refractivity (Wildman–Crippen MR) is 65.7 cm³/mol. The largest absolute Gasteiger partial charge is 0.350 e. The summed E-state index contributed by atoms with van der Waals surface area (Å²) in [7, 11) is 1.84. The molecule has 2 aromatic rings. The van der Waals surface area contributed by atoms with Crippen molar-refractivity contribution >= 4 is 23.0 Å². The summed E-state index contributed by atoms with van der Waals surface area (Å²) in [5.41, 5.74) is 1.78. The van der Waals surface area contributed by atoms with E-state index in [1.807, 2.05) is 20.2 Å². The van der Waals surface area contributed by atoms with Gasteiger partial charge in [-0.15, -0.1) is 0 Å². The smallest absolute Gasteiger partial charge is 0.285 e. The number of aromatic nitrogens is 4. The summed E-state index contributed by atoms with van der Waals surface area (Å²) in [6, 6.07) is 0. The first-order valence-corrected chi connectivity index (χ1v) is 5.52. The van der Waals surface area contributed by atoms with Crippen molar-refractivity contribution in [3.63, 3.8) is 0 Å². The summed E-state index contributed by atoms with van der Waals surface area (Å²) in [6.07, 6.45) is 4.09. The molecule has 0 bridgehead atoms. The van der Waals surface area contributed by atoms with Crippen molar-refractivity contribution in [2.75, 3.05) is 5.32 Å². The first-order chi connectivity index (χ1) is 8.11. The Hall–Kier alpha value is -1.82. The van der Waals surface area contributed by atoms with Gasteiger partial charge in [0, 0.05) is 13.2 Å². The van der Waals surface area contributed by atoms with Gasteiger partial charge in [-0.3, -0.25) is 9.48 Å².